The van der Waals surface area contributed by atoms with E-state index < -0.39 is 11.7 Å². The summed E-state index contributed by atoms with van der Waals surface area (Å²) in [5.41, 5.74) is 1.28. The Hall–Kier alpha value is -2.40. The number of hydrogen-bond donors (Lipinski definition) is 1. The minimum absolute atomic E-state index is 0.0769. The summed E-state index contributed by atoms with van der Waals surface area (Å²) in [7, 11) is 0. The molecule has 0 unspecified atom stereocenters. The molecule has 0 atom stereocenters. The summed E-state index contributed by atoms with van der Waals surface area (Å²) in [6.07, 6.45) is 0. The number of anilines is 1. The Balaban J connectivity index is 2.05. The molecule has 1 aromatic heterocycles. The zero-order chi connectivity index (χ0) is 17.5. The van der Waals surface area contributed by atoms with E-state index in [1.807, 2.05) is 49.6 Å². The molecule has 0 radical (unpaired) electrons. The van der Waals surface area contributed by atoms with Crippen LogP contribution in [0, 0.1) is 5.82 Å². The van der Waals surface area contributed by atoms with Gasteiger partial charge in [0.2, 0.25) is 5.95 Å². The lowest BCUT2D eigenvalue weighted by Crippen LogP contribution is -2.26. The normalized spacial score (nSPS) is 11.7. The molecule has 0 spiro atoms. The zero-order valence-electron chi connectivity index (χ0n) is 13.6. The topological polar surface area (TPSA) is 46.9 Å². The van der Waals surface area contributed by atoms with E-state index >= 15 is 0 Å². The first kappa shape index (κ1) is 16.5. The lowest BCUT2D eigenvalue weighted by Gasteiger charge is -2.24. The van der Waals surface area contributed by atoms with E-state index in [1.54, 1.807) is 0 Å². The quantitative estimate of drug-likeness (QED) is 0.722. The molecule has 24 heavy (non-hydrogen) atoms. The maximum Gasteiger partial charge on any atom is 0.260 e. The maximum absolute atomic E-state index is 14.0. The number of rotatable bonds is 2. The molecule has 4 nitrogen and oxygen atoms in total. The van der Waals surface area contributed by atoms with Gasteiger partial charge in [0.05, 0.1) is 16.6 Å². The molecule has 0 saturated carbocycles. The van der Waals surface area contributed by atoms with Crippen LogP contribution in [-0.2, 0) is 5.54 Å². The second-order valence-electron chi connectivity index (χ2n) is 6.51. The highest BCUT2D eigenvalue weighted by atomic mass is 35.5. The van der Waals surface area contributed by atoms with Crippen molar-refractivity contribution in [2.24, 2.45) is 0 Å². The third-order valence-corrected chi connectivity index (χ3v) is 3.87. The molecule has 124 valence electrons. The molecular weight excluding hydrogens is 329 g/mol. The molecule has 1 heterocycles. The largest absolute Gasteiger partial charge is 0.305 e. The molecule has 0 fully saturated rings. The minimum atomic E-state index is -0.668. The van der Waals surface area contributed by atoms with Gasteiger partial charge in [0.15, 0.2) is 0 Å². The molecule has 0 bridgehead atoms. The first-order valence-electron chi connectivity index (χ1n) is 7.52. The van der Waals surface area contributed by atoms with Crippen LogP contribution in [0.2, 0.25) is 5.02 Å². The number of aromatic nitrogens is 2. The number of nitrogens with zero attached hydrogens (tertiary/aromatic N) is 2. The Morgan fingerprint density at radius 1 is 1.21 bits per heavy atom. The van der Waals surface area contributed by atoms with E-state index in [0.29, 0.717) is 5.95 Å². The van der Waals surface area contributed by atoms with Gasteiger partial charge in [-0.05, 0) is 51.1 Å². The Labute approximate surface area is 144 Å². The fourth-order valence-corrected chi connectivity index (χ4v) is 2.79. The van der Waals surface area contributed by atoms with E-state index in [2.05, 4.69) is 10.3 Å². The molecule has 0 saturated heterocycles. The standard InChI is InChI=1S/C18H17ClFN3O/c1-18(2,3)23-15-7-5-4-6-14(15)21-17(23)22-16(24)12-9-8-11(19)10-13(12)20/h4-10H,1-3H3,(H,21,22,24). The summed E-state index contributed by atoms with van der Waals surface area (Å²) in [5.74, 6) is -0.855. The van der Waals surface area contributed by atoms with Crippen molar-refractivity contribution >= 4 is 34.5 Å². The van der Waals surface area contributed by atoms with Crippen molar-refractivity contribution in [3.8, 4) is 0 Å². The lowest BCUT2D eigenvalue weighted by molar-refractivity contribution is 0.102. The van der Waals surface area contributed by atoms with Gasteiger partial charge < -0.3 is 4.57 Å². The number of fused-ring (bicyclic) bond motifs is 1. The van der Waals surface area contributed by atoms with Gasteiger partial charge in [-0.3, -0.25) is 10.1 Å². The summed E-state index contributed by atoms with van der Waals surface area (Å²) in [5, 5.41) is 2.95. The Morgan fingerprint density at radius 3 is 2.58 bits per heavy atom. The fourth-order valence-electron chi connectivity index (χ4n) is 2.63. The molecule has 3 aromatic rings. The van der Waals surface area contributed by atoms with Crippen LogP contribution in [-0.4, -0.2) is 15.5 Å². The highest BCUT2D eigenvalue weighted by Crippen LogP contribution is 2.28. The Morgan fingerprint density at radius 2 is 1.92 bits per heavy atom. The van der Waals surface area contributed by atoms with Crippen LogP contribution in [0.3, 0.4) is 0 Å². The van der Waals surface area contributed by atoms with Crippen LogP contribution < -0.4 is 5.32 Å². The van der Waals surface area contributed by atoms with Gasteiger partial charge in [0, 0.05) is 10.6 Å². The van der Waals surface area contributed by atoms with Crippen molar-refractivity contribution in [3.05, 3.63) is 58.9 Å². The van der Waals surface area contributed by atoms with Crippen LogP contribution in [0.1, 0.15) is 31.1 Å². The molecule has 0 aliphatic carbocycles. The highest BCUT2D eigenvalue weighted by molar-refractivity contribution is 6.30. The number of hydrogen-bond acceptors (Lipinski definition) is 2. The lowest BCUT2D eigenvalue weighted by atomic mass is 10.1. The number of halogens is 2. The molecular formula is C18H17ClFN3O. The first-order chi connectivity index (χ1) is 11.3. The smallest absolute Gasteiger partial charge is 0.260 e. The van der Waals surface area contributed by atoms with Crippen LogP contribution in [0.4, 0.5) is 10.3 Å². The predicted molar refractivity (Wildman–Crippen MR) is 94.1 cm³/mol. The van der Waals surface area contributed by atoms with Crippen molar-refractivity contribution in [1.82, 2.24) is 9.55 Å². The molecule has 2 aromatic carbocycles. The molecule has 3 rings (SSSR count). The Bertz CT molecular complexity index is 928. The maximum atomic E-state index is 14.0. The van der Waals surface area contributed by atoms with Gasteiger partial charge in [-0.15, -0.1) is 0 Å². The monoisotopic (exact) mass is 345 g/mol. The number of benzene rings is 2. The first-order valence-corrected chi connectivity index (χ1v) is 7.89. The van der Waals surface area contributed by atoms with E-state index in [1.165, 1.54) is 12.1 Å². The van der Waals surface area contributed by atoms with Crippen molar-refractivity contribution in [2.75, 3.05) is 5.32 Å². The third kappa shape index (κ3) is 2.99. The number of carbonyl (C=O) groups is 1. The van der Waals surface area contributed by atoms with Crippen LogP contribution in [0.5, 0.6) is 0 Å². The third-order valence-electron chi connectivity index (χ3n) is 3.63. The average Bonchev–Trinajstić information content (AvgIpc) is 2.84. The molecule has 6 heteroatoms. The van der Waals surface area contributed by atoms with E-state index in [4.69, 9.17) is 11.6 Å². The van der Waals surface area contributed by atoms with E-state index in [0.717, 1.165) is 17.1 Å². The summed E-state index contributed by atoms with van der Waals surface area (Å²) >= 11 is 5.73. The van der Waals surface area contributed by atoms with Crippen molar-refractivity contribution < 1.29 is 9.18 Å². The summed E-state index contributed by atoms with van der Waals surface area (Å²) in [6, 6.07) is 11.6. The van der Waals surface area contributed by atoms with Gasteiger partial charge in [0.25, 0.3) is 5.91 Å². The van der Waals surface area contributed by atoms with Crippen LogP contribution in [0.15, 0.2) is 42.5 Å². The van der Waals surface area contributed by atoms with Gasteiger partial charge in [-0.1, -0.05) is 23.7 Å². The highest BCUT2D eigenvalue weighted by Gasteiger charge is 2.23. The summed E-state index contributed by atoms with van der Waals surface area (Å²) < 4.78 is 15.9. The van der Waals surface area contributed by atoms with Gasteiger partial charge in [-0.25, -0.2) is 9.37 Å². The SMILES string of the molecule is CC(C)(C)n1c(NC(=O)c2ccc(Cl)cc2F)nc2ccccc21. The zero-order valence-corrected chi connectivity index (χ0v) is 14.4. The minimum Gasteiger partial charge on any atom is -0.305 e. The van der Waals surface area contributed by atoms with E-state index in [-0.39, 0.29) is 16.1 Å². The molecule has 0 aliphatic heterocycles. The molecule has 1 amide bonds. The van der Waals surface area contributed by atoms with Crippen molar-refractivity contribution in [3.63, 3.8) is 0 Å². The van der Waals surface area contributed by atoms with Crippen LogP contribution in [0.25, 0.3) is 11.0 Å². The fraction of sp³-hybridized carbons (Fsp3) is 0.222. The second-order valence-corrected chi connectivity index (χ2v) is 6.95. The molecule has 0 aliphatic rings. The number of carbonyl (C=O) groups excluding carboxylic acids is 1. The summed E-state index contributed by atoms with van der Waals surface area (Å²) in [6.45, 7) is 6.04. The number of nitrogens with one attached hydrogen (secondary N) is 1. The number of amides is 1. The number of para-hydroxylation sites is 2. The van der Waals surface area contributed by atoms with Gasteiger partial charge in [-0.2, -0.15) is 0 Å². The van der Waals surface area contributed by atoms with E-state index in [9.17, 15) is 9.18 Å². The van der Waals surface area contributed by atoms with Gasteiger partial charge in [0.1, 0.15) is 5.82 Å². The summed E-state index contributed by atoms with van der Waals surface area (Å²) in [4.78, 5) is 16.9. The van der Waals surface area contributed by atoms with Crippen molar-refractivity contribution in [2.45, 2.75) is 26.3 Å². The molecule has 1 N–H and O–H groups in total. The predicted octanol–water partition coefficient (Wildman–Crippen LogP) is 4.84. The van der Waals surface area contributed by atoms with Crippen LogP contribution >= 0.6 is 11.6 Å². The van der Waals surface area contributed by atoms with Crippen molar-refractivity contribution in [1.29, 1.82) is 0 Å². The van der Waals surface area contributed by atoms with Gasteiger partial charge >= 0.3 is 0 Å². The average molecular weight is 346 g/mol. The Kier molecular flexibility index (Phi) is 4.05. The second kappa shape index (κ2) is 5.91. The number of imidazole rings is 1.